The average molecular weight is 285 g/mol. The SMILES string of the molecule is CCCOc1cc(N(C)Cc2cccc(C)n2)ccc1N. The molecule has 0 radical (unpaired) electrons. The first-order valence-electron chi connectivity index (χ1n) is 7.26. The molecule has 0 aliphatic carbocycles. The van der Waals surface area contributed by atoms with Crippen LogP contribution in [0.3, 0.4) is 0 Å². The molecule has 112 valence electrons. The van der Waals surface area contributed by atoms with Gasteiger partial charge in [0.1, 0.15) is 5.75 Å². The van der Waals surface area contributed by atoms with Crippen LogP contribution in [0.1, 0.15) is 24.7 Å². The number of anilines is 2. The third-order valence-corrected chi connectivity index (χ3v) is 3.24. The maximum atomic E-state index is 5.95. The van der Waals surface area contributed by atoms with Crippen LogP contribution in [-0.4, -0.2) is 18.6 Å². The minimum atomic E-state index is 0.675. The van der Waals surface area contributed by atoms with Gasteiger partial charge in [0.15, 0.2) is 0 Å². The Morgan fingerprint density at radius 1 is 1.24 bits per heavy atom. The van der Waals surface area contributed by atoms with Crippen LogP contribution in [0.15, 0.2) is 36.4 Å². The molecule has 4 heteroatoms. The number of ether oxygens (including phenoxy) is 1. The predicted octanol–water partition coefficient (Wildman–Crippen LogP) is 3.40. The molecule has 1 heterocycles. The van der Waals surface area contributed by atoms with Crippen LogP contribution in [0.2, 0.25) is 0 Å². The summed E-state index contributed by atoms with van der Waals surface area (Å²) in [6.07, 6.45) is 0.965. The van der Waals surface area contributed by atoms with Gasteiger partial charge in [-0.1, -0.05) is 13.0 Å². The van der Waals surface area contributed by atoms with E-state index < -0.39 is 0 Å². The standard InChI is InChI=1S/C17H23N3O/c1-4-10-21-17-11-15(8-9-16(17)18)20(3)12-14-7-5-6-13(2)19-14/h5-9,11H,4,10,12,18H2,1-3H3. The monoisotopic (exact) mass is 285 g/mol. The van der Waals surface area contributed by atoms with E-state index in [1.54, 1.807) is 0 Å². The Morgan fingerprint density at radius 3 is 2.76 bits per heavy atom. The third kappa shape index (κ3) is 4.12. The van der Waals surface area contributed by atoms with Gasteiger partial charge in [-0.05, 0) is 37.6 Å². The van der Waals surface area contributed by atoms with Crippen molar-refractivity contribution >= 4 is 11.4 Å². The quantitative estimate of drug-likeness (QED) is 0.826. The van der Waals surface area contributed by atoms with Gasteiger partial charge in [0.05, 0.1) is 24.5 Å². The van der Waals surface area contributed by atoms with E-state index in [9.17, 15) is 0 Å². The van der Waals surface area contributed by atoms with E-state index in [0.29, 0.717) is 12.3 Å². The summed E-state index contributed by atoms with van der Waals surface area (Å²) in [6.45, 7) is 5.51. The average Bonchev–Trinajstić information content (AvgIpc) is 2.46. The van der Waals surface area contributed by atoms with Crippen LogP contribution in [-0.2, 0) is 6.54 Å². The molecule has 0 saturated carbocycles. The van der Waals surface area contributed by atoms with E-state index in [1.165, 1.54) is 0 Å². The highest BCUT2D eigenvalue weighted by atomic mass is 16.5. The lowest BCUT2D eigenvalue weighted by Crippen LogP contribution is -2.17. The highest BCUT2D eigenvalue weighted by Gasteiger charge is 2.07. The largest absolute Gasteiger partial charge is 0.491 e. The summed E-state index contributed by atoms with van der Waals surface area (Å²) in [5, 5.41) is 0. The van der Waals surface area contributed by atoms with Crippen molar-refractivity contribution in [3.8, 4) is 5.75 Å². The highest BCUT2D eigenvalue weighted by Crippen LogP contribution is 2.28. The third-order valence-electron chi connectivity index (χ3n) is 3.24. The van der Waals surface area contributed by atoms with Crippen molar-refractivity contribution in [2.75, 3.05) is 24.3 Å². The van der Waals surface area contributed by atoms with Crippen LogP contribution in [0.5, 0.6) is 5.75 Å². The Hall–Kier alpha value is -2.23. The number of aromatic nitrogens is 1. The van der Waals surface area contributed by atoms with E-state index in [-0.39, 0.29) is 0 Å². The molecule has 1 aromatic heterocycles. The van der Waals surface area contributed by atoms with Crippen molar-refractivity contribution in [1.29, 1.82) is 0 Å². The molecule has 21 heavy (non-hydrogen) atoms. The van der Waals surface area contributed by atoms with Crippen molar-refractivity contribution in [2.24, 2.45) is 0 Å². The zero-order valence-electron chi connectivity index (χ0n) is 13.0. The molecule has 0 bridgehead atoms. The van der Waals surface area contributed by atoms with Gasteiger partial charge >= 0.3 is 0 Å². The number of hydrogen-bond acceptors (Lipinski definition) is 4. The van der Waals surface area contributed by atoms with Crippen molar-refractivity contribution in [2.45, 2.75) is 26.8 Å². The van der Waals surface area contributed by atoms with Gasteiger partial charge in [-0.3, -0.25) is 4.98 Å². The van der Waals surface area contributed by atoms with E-state index in [0.717, 1.165) is 35.8 Å². The molecule has 0 spiro atoms. The van der Waals surface area contributed by atoms with Crippen LogP contribution in [0, 0.1) is 6.92 Å². The number of rotatable bonds is 6. The molecule has 1 aromatic carbocycles. The number of nitrogen functional groups attached to an aromatic ring is 1. The summed E-state index contributed by atoms with van der Waals surface area (Å²) in [5.41, 5.74) is 9.77. The van der Waals surface area contributed by atoms with Crippen LogP contribution < -0.4 is 15.4 Å². The Bertz CT molecular complexity index is 598. The molecule has 2 aromatic rings. The Morgan fingerprint density at radius 2 is 2.05 bits per heavy atom. The molecule has 0 unspecified atom stereocenters. The van der Waals surface area contributed by atoms with Crippen LogP contribution in [0.25, 0.3) is 0 Å². The number of hydrogen-bond donors (Lipinski definition) is 1. The molecule has 4 nitrogen and oxygen atoms in total. The molecular weight excluding hydrogens is 262 g/mol. The van der Waals surface area contributed by atoms with Crippen molar-refractivity contribution in [3.05, 3.63) is 47.8 Å². The van der Waals surface area contributed by atoms with Gasteiger partial charge in [-0.2, -0.15) is 0 Å². The first-order valence-corrected chi connectivity index (χ1v) is 7.26. The minimum Gasteiger partial charge on any atom is -0.491 e. The zero-order chi connectivity index (χ0) is 15.2. The summed E-state index contributed by atoms with van der Waals surface area (Å²) >= 11 is 0. The summed E-state index contributed by atoms with van der Waals surface area (Å²) in [6, 6.07) is 12.0. The van der Waals surface area contributed by atoms with Crippen molar-refractivity contribution < 1.29 is 4.74 Å². The summed E-state index contributed by atoms with van der Waals surface area (Å²) < 4.78 is 5.68. The second-order valence-corrected chi connectivity index (χ2v) is 5.20. The molecule has 0 amide bonds. The van der Waals surface area contributed by atoms with Crippen molar-refractivity contribution in [3.63, 3.8) is 0 Å². The van der Waals surface area contributed by atoms with Crippen molar-refractivity contribution in [1.82, 2.24) is 4.98 Å². The number of benzene rings is 1. The van der Waals surface area contributed by atoms with E-state index >= 15 is 0 Å². The number of aryl methyl sites for hydroxylation is 1. The van der Waals surface area contributed by atoms with E-state index in [1.807, 2.05) is 50.4 Å². The normalized spacial score (nSPS) is 10.4. The number of nitrogens with two attached hydrogens (primary N) is 1. The van der Waals surface area contributed by atoms with Gasteiger partial charge in [0, 0.05) is 24.5 Å². The fourth-order valence-electron chi connectivity index (χ4n) is 2.12. The fraction of sp³-hybridized carbons (Fsp3) is 0.353. The lowest BCUT2D eigenvalue weighted by molar-refractivity contribution is 0.319. The van der Waals surface area contributed by atoms with Gasteiger partial charge in [-0.15, -0.1) is 0 Å². The fourth-order valence-corrected chi connectivity index (χ4v) is 2.12. The van der Waals surface area contributed by atoms with Crippen LogP contribution in [0.4, 0.5) is 11.4 Å². The molecule has 0 aliphatic heterocycles. The second kappa shape index (κ2) is 6.97. The topological polar surface area (TPSA) is 51.4 Å². The smallest absolute Gasteiger partial charge is 0.144 e. The first kappa shape index (κ1) is 15.2. The van der Waals surface area contributed by atoms with Gasteiger partial charge < -0.3 is 15.4 Å². The molecule has 0 atom stereocenters. The first-order chi connectivity index (χ1) is 10.1. The molecule has 0 saturated heterocycles. The molecule has 0 aliphatic rings. The van der Waals surface area contributed by atoms with E-state index in [2.05, 4.69) is 16.8 Å². The minimum absolute atomic E-state index is 0.675. The van der Waals surface area contributed by atoms with Gasteiger partial charge in [-0.25, -0.2) is 0 Å². The Kier molecular flexibility index (Phi) is 5.04. The summed E-state index contributed by atoms with van der Waals surface area (Å²) in [5.74, 6) is 0.749. The van der Waals surface area contributed by atoms with Gasteiger partial charge in [0.25, 0.3) is 0 Å². The highest BCUT2D eigenvalue weighted by molar-refractivity contribution is 5.62. The van der Waals surface area contributed by atoms with Gasteiger partial charge in [0.2, 0.25) is 0 Å². The summed E-state index contributed by atoms with van der Waals surface area (Å²) in [4.78, 5) is 6.67. The Labute approximate surface area is 126 Å². The lowest BCUT2D eigenvalue weighted by atomic mass is 10.2. The number of nitrogens with zero attached hydrogens (tertiary/aromatic N) is 2. The van der Waals surface area contributed by atoms with E-state index in [4.69, 9.17) is 10.5 Å². The Balaban J connectivity index is 2.13. The molecule has 2 N–H and O–H groups in total. The van der Waals surface area contributed by atoms with Crippen LogP contribution >= 0.6 is 0 Å². The lowest BCUT2D eigenvalue weighted by Gasteiger charge is -2.20. The molecule has 2 rings (SSSR count). The zero-order valence-corrected chi connectivity index (χ0v) is 13.0. The maximum absolute atomic E-state index is 5.95. The second-order valence-electron chi connectivity index (χ2n) is 5.20. The summed E-state index contributed by atoms with van der Waals surface area (Å²) in [7, 11) is 2.04. The predicted molar refractivity (Wildman–Crippen MR) is 87.7 cm³/mol. The molecule has 0 fully saturated rings. The maximum Gasteiger partial charge on any atom is 0.144 e. The number of pyridine rings is 1. The molecular formula is C17H23N3O.